The SMILES string of the molecule is Cc1cncc(C(NN)c2coc(C)c2)c1. The molecule has 0 aliphatic carbocycles. The molecule has 0 spiro atoms. The molecule has 2 heterocycles. The molecule has 2 rings (SSSR count). The van der Waals surface area contributed by atoms with Crippen LogP contribution >= 0.6 is 0 Å². The summed E-state index contributed by atoms with van der Waals surface area (Å²) in [6.07, 6.45) is 5.33. The molecule has 4 nitrogen and oxygen atoms in total. The maximum absolute atomic E-state index is 5.58. The highest BCUT2D eigenvalue weighted by atomic mass is 16.3. The Morgan fingerprint density at radius 3 is 2.62 bits per heavy atom. The minimum Gasteiger partial charge on any atom is -0.469 e. The monoisotopic (exact) mass is 217 g/mol. The van der Waals surface area contributed by atoms with Crippen molar-refractivity contribution in [2.75, 3.05) is 0 Å². The zero-order chi connectivity index (χ0) is 11.5. The Morgan fingerprint density at radius 1 is 1.25 bits per heavy atom. The molecular formula is C12H15N3O. The minimum atomic E-state index is -0.0788. The number of hydrazine groups is 1. The summed E-state index contributed by atoms with van der Waals surface area (Å²) in [4.78, 5) is 4.16. The molecule has 16 heavy (non-hydrogen) atoms. The fourth-order valence-corrected chi connectivity index (χ4v) is 1.74. The van der Waals surface area contributed by atoms with Gasteiger partial charge in [-0.1, -0.05) is 6.07 Å². The van der Waals surface area contributed by atoms with Crippen LogP contribution in [0.15, 0.2) is 35.2 Å². The summed E-state index contributed by atoms with van der Waals surface area (Å²) in [7, 11) is 0. The first-order valence-electron chi connectivity index (χ1n) is 5.13. The van der Waals surface area contributed by atoms with Gasteiger partial charge in [0.15, 0.2) is 0 Å². The molecule has 2 aromatic rings. The predicted octanol–water partition coefficient (Wildman–Crippen LogP) is 1.84. The first-order chi connectivity index (χ1) is 7.70. The molecule has 1 unspecified atom stereocenters. The number of hydrogen-bond donors (Lipinski definition) is 2. The second-order valence-corrected chi connectivity index (χ2v) is 3.89. The van der Waals surface area contributed by atoms with E-state index in [-0.39, 0.29) is 6.04 Å². The summed E-state index contributed by atoms with van der Waals surface area (Å²) in [5, 5.41) is 0. The van der Waals surface area contributed by atoms with Crippen LogP contribution in [0.4, 0.5) is 0 Å². The first kappa shape index (κ1) is 10.9. The third-order valence-corrected chi connectivity index (χ3v) is 2.48. The van der Waals surface area contributed by atoms with Gasteiger partial charge < -0.3 is 4.42 Å². The Balaban J connectivity index is 2.36. The molecule has 0 bridgehead atoms. The number of hydrogen-bond acceptors (Lipinski definition) is 4. The number of aryl methyl sites for hydroxylation is 2. The number of furan rings is 1. The molecule has 0 fully saturated rings. The van der Waals surface area contributed by atoms with Crippen molar-refractivity contribution in [2.24, 2.45) is 5.84 Å². The van der Waals surface area contributed by atoms with Crippen LogP contribution in [0.25, 0.3) is 0 Å². The normalized spacial score (nSPS) is 12.7. The van der Waals surface area contributed by atoms with E-state index in [1.807, 2.05) is 26.1 Å². The summed E-state index contributed by atoms with van der Waals surface area (Å²) in [6.45, 7) is 3.91. The fraction of sp³-hybridized carbons (Fsp3) is 0.250. The van der Waals surface area contributed by atoms with Gasteiger partial charge in [-0.25, -0.2) is 5.43 Å². The first-order valence-corrected chi connectivity index (χ1v) is 5.13. The van der Waals surface area contributed by atoms with E-state index in [1.165, 1.54) is 0 Å². The Hall–Kier alpha value is -1.65. The van der Waals surface area contributed by atoms with E-state index in [1.54, 1.807) is 12.5 Å². The van der Waals surface area contributed by atoms with Gasteiger partial charge in [0.25, 0.3) is 0 Å². The Morgan fingerprint density at radius 2 is 2.06 bits per heavy atom. The third-order valence-electron chi connectivity index (χ3n) is 2.48. The quantitative estimate of drug-likeness (QED) is 0.608. The number of rotatable bonds is 3. The van der Waals surface area contributed by atoms with Crippen LogP contribution < -0.4 is 11.3 Å². The van der Waals surface area contributed by atoms with Crippen molar-refractivity contribution in [1.29, 1.82) is 0 Å². The van der Waals surface area contributed by atoms with Crippen molar-refractivity contribution >= 4 is 0 Å². The standard InChI is InChI=1S/C12H15N3O/c1-8-3-10(6-14-5-8)12(15-13)11-4-9(2)16-7-11/h3-7,12,15H,13H2,1-2H3. The number of nitrogens with two attached hydrogens (primary N) is 1. The van der Waals surface area contributed by atoms with Crippen LogP contribution in [0.5, 0.6) is 0 Å². The van der Waals surface area contributed by atoms with Crippen LogP contribution in [0, 0.1) is 13.8 Å². The van der Waals surface area contributed by atoms with Gasteiger partial charge in [0.1, 0.15) is 5.76 Å². The van der Waals surface area contributed by atoms with Gasteiger partial charge in [0.05, 0.1) is 12.3 Å². The van der Waals surface area contributed by atoms with Gasteiger partial charge in [-0.05, 0) is 31.0 Å². The van der Waals surface area contributed by atoms with Crippen molar-refractivity contribution in [3.05, 3.63) is 53.2 Å². The number of aromatic nitrogens is 1. The summed E-state index contributed by atoms with van der Waals surface area (Å²) >= 11 is 0. The number of pyridine rings is 1. The van der Waals surface area contributed by atoms with E-state index >= 15 is 0 Å². The summed E-state index contributed by atoms with van der Waals surface area (Å²) in [6, 6.07) is 3.94. The topological polar surface area (TPSA) is 64.1 Å². The van der Waals surface area contributed by atoms with Gasteiger partial charge in [-0.2, -0.15) is 0 Å². The average Bonchev–Trinajstić information content (AvgIpc) is 2.66. The van der Waals surface area contributed by atoms with Crippen LogP contribution in [-0.4, -0.2) is 4.98 Å². The Kier molecular flexibility index (Phi) is 3.03. The van der Waals surface area contributed by atoms with Crippen LogP contribution in [0.3, 0.4) is 0 Å². The molecule has 84 valence electrons. The third kappa shape index (κ3) is 2.13. The molecule has 4 heteroatoms. The highest BCUT2D eigenvalue weighted by Gasteiger charge is 2.14. The number of nitrogens with zero attached hydrogens (tertiary/aromatic N) is 1. The van der Waals surface area contributed by atoms with Crippen LogP contribution in [0.1, 0.15) is 28.5 Å². The fourth-order valence-electron chi connectivity index (χ4n) is 1.74. The summed E-state index contributed by atoms with van der Waals surface area (Å²) in [5.41, 5.74) is 5.92. The molecular weight excluding hydrogens is 202 g/mol. The van der Waals surface area contributed by atoms with Crippen LogP contribution in [-0.2, 0) is 0 Å². The molecule has 2 aromatic heterocycles. The molecule has 0 aliphatic heterocycles. The molecule has 0 saturated heterocycles. The van der Waals surface area contributed by atoms with E-state index in [0.717, 1.165) is 22.5 Å². The van der Waals surface area contributed by atoms with E-state index < -0.39 is 0 Å². The van der Waals surface area contributed by atoms with Gasteiger partial charge in [-0.3, -0.25) is 10.8 Å². The highest BCUT2D eigenvalue weighted by Crippen LogP contribution is 2.22. The van der Waals surface area contributed by atoms with Gasteiger partial charge >= 0.3 is 0 Å². The van der Waals surface area contributed by atoms with Gasteiger partial charge in [-0.15, -0.1) is 0 Å². The smallest absolute Gasteiger partial charge is 0.101 e. The lowest BCUT2D eigenvalue weighted by molar-refractivity contribution is 0.525. The lowest BCUT2D eigenvalue weighted by atomic mass is 10.0. The second kappa shape index (κ2) is 4.47. The molecule has 0 aromatic carbocycles. The van der Waals surface area contributed by atoms with Crippen molar-refractivity contribution < 1.29 is 4.42 Å². The summed E-state index contributed by atoms with van der Waals surface area (Å²) in [5.74, 6) is 6.45. The maximum atomic E-state index is 5.58. The predicted molar refractivity (Wildman–Crippen MR) is 61.6 cm³/mol. The lowest BCUT2D eigenvalue weighted by Crippen LogP contribution is -2.28. The summed E-state index contributed by atoms with van der Waals surface area (Å²) < 4.78 is 5.28. The Labute approximate surface area is 94.5 Å². The average molecular weight is 217 g/mol. The van der Waals surface area contributed by atoms with Gasteiger partial charge in [0, 0.05) is 18.0 Å². The highest BCUT2D eigenvalue weighted by molar-refractivity contribution is 5.30. The van der Waals surface area contributed by atoms with Crippen molar-refractivity contribution in [3.63, 3.8) is 0 Å². The largest absolute Gasteiger partial charge is 0.469 e. The Bertz CT molecular complexity index is 479. The van der Waals surface area contributed by atoms with E-state index in [0.29, 0.717) is 0 Å². The lowest BCUT2D eigenvalue weighted by Gasteiger charge is -2.14. The molecule has 1 atom stereocenters. The maximum Gasteiger partial charge on any atom is 0.101 e. The number of nitrogens with one attached hydrogen (secondary N) is 1. The minimum absolute atomic E-state index is 0.0788. The molecule has 0 amide bonds. The molecule has 0 aliphatic rings. The second-order valence-electron chi connectivity index (χ2n) is 3.89. The molecule has 0 saturated carbocycles. The van der Waals surface area contributed by atoms with Crippen molar-refractivity contribution in [1.82, 2.24) is 10.4 Å². The van der Waals surface area contributed by atoms with Crippen LogP contribution in [0.2, 0.25) is 0 Å². The van der Waals surface area contributed by atoms with Crippen molar-refractivity contribution in [2.45, 2.75) is 19.9 Å². The van der Waals surface area contributed by atoms with E-state index in [9.17, 15) is 0 Å². The van der Waals surface area contributed by atoms with Crippen molar-refractivity contribution in [3.8, 4) is 0 Å². The van der Waals surface area contributed by atoms with E-state index in [4.69, 9.17) is 10.3 Å². The molecule has 3 N–H and O–H groups in total. The molecule has 0 radical (unpaired) electrons. The zero-order valence-electron chi connectivity index (χ0n) is 9.40. The van der Waals surface area contributed by atoms with Gasteiger partial charge in [0.2, 0.25) is 0 Å². The zero-order valence-corrected chi connectivity index (χ0v) is 9.40. The van der Waals surface area contributed by atoms with E-state index in [2.05, 4.69) is 16.5 Å².